The first kappa shape index (κ1) is 37.8. The molecule has 0 aliphatic heterocycles. The fourth-order valence-electron chi connectivity index (χ4n) is 11.1. The van der Waals surface area contributed by atoms with Crippen LogP contribution in [-0.4, -0.2) is 14.5 Å². The third-order valence-electron chi connectivity index (χ3n) is 13.9. The van der Waals surface area contributed by atoms with Gasteiger partial charge in [-0.1, -0.05) is 36.4 Å². The fourth-order valence-corrected chi connectivity index (χ4v) is 14.6. The van der Waals surface area contributed by atoms with Crippen molar-refractivity contribution in [2.45, 2.75) is 0 Å². The van der Waals surface area contributed by atoms with Crippen molar-refractivity contribution in [3.63, 3.8) is 0 Å². The van der Waals surface area contributed by atoms with Crippen LogP contribution in [0.3, 0.4) is 0 Å². The molecule has 0 aliphatic carbocycles. The van der Waals surface area contributed by atoms with Crippen LogP contribution in [0.25, 0.3) is 138 Å². The molecule has 0 radical (unpaired) electrons. The van der Waals surface area contributed by atoms with Gasteiger partial charge < -0.3 is 0 Å². The second kappa shape index (κ2) is 15.0. The van der Waals surface area contributed by atoms with Gasteiger partial charge in [-0.2, -0.15) is 0 Å². The molecule has 0 spiro atoms. The molecule has 0 amide bonds. The molecular formula is C64H38SSe. The molecule has 2 aromatic heterocycles. The Morgan fingerprint density at radius 3 is 1.06 bits per heavy atom. The van der Waals surface area contributed by atoms with Crippen molar-refractivity contribution < 1.29 is 0 Å². The van der Waals surface area contributed by atoms with Crippen LogP contribution in [0.15, 0.2) is 231 Å². The Morgan fingerprint density at radius 1 is 0.242 bits per heavy atom. The maximum atomic E-state index is 2.46. The molecule has 306 valence electrons. The predicted molar refractivity (Wildman–Crippen MR) is 288 cm³/mol. The zero-order valence-corrected chi connectivity index (χ0v) is 38.3. The molecule has 0 saturated carbocycles. The van der Waals surface area contributed by atoms with E-state index >= 15 is 0 Å². The van der Waals surface area contributed by atoms with Gasteiger partial charge in [0.2, 0.25) is 0 Å². The normalized spacial score (nSPS) is 11.9. The van der Waals surface area contributed by atoms with Gasteiger partial charge in [0.15, 0.2) is 0 Å². The summed E-state index contributed by atoms with van der Waals surface area (Å²) in [5.74, 6) is 0. The molecule has 0 atom stereocenters. The Bertz CT molecular complexity index is 4160. The molecule has 0 unspecified atom stereocenters. The summed E-state index contributed by atoms with van der Waals surface area (Å²) in [5.41, 5.74) is 12.8. The van der Waals surface area contributed by atoms with E-state index in [0.29, 0.717) is 0 Å². The monoisotopic (exact) mass is 918 g/mol. The second-order valence-corrected chi connectivity index (χ2v) is 20.8. The van der Waals surface area contributed by atoms with Crippen LogP contribution >= 0.6 is 11.3 Å². The minimum Gasteiger partial charge on any atom is -0.0617 e. The quantitative estimate of drug-likeness (QED) is 0.119. The number of rotatable bonds is 5. The number of thiophene rings is 1. The molecule has 0 aliphatic rings. The van der Waals surface area contributed by atoms with E-state index in [-0.39, 0.29) is 14.5 Å². The van der Waals surface area contributed by atoms with Gasteiger partial charge in [-0.25, -0.2) is 0 Å². The molecule has 14 aromatic rings. The van der Waals surface area contributed by atoms with Crippen molar-refractivity contribution in [1.29, 1.82) is 0 Å². The molecule has 0 N–H and O–H groups in total. The molecule has 0 saturated heterocycles. The molecule has 66 heavy (non-hydrogen) atoms. The van der Waals surface area contributed by atoms with Gasteiger partial charge in [-0.15, -0.1) is 0 Å². The average molecular weight is 918 g/mol. The Morgan fingerprint density at radius 2 is 0.606 bits per heavy atom. The van der Waals surface area contributed by atoms with Crippen LogP contribution in [0.2, 0.25) is 0 Å². The zero-order valence-electron chi connectivity index (χ0n) is 35.8. The summed E-state index contributed by atoms with van der Waals surface area (Å²) in [6.45, 7) is 0. The summed E-state index contributed by atoms with van der Waals surface area (Å²) >= 11 is 2.03. The topological polar surface area (TPSA) is 0 Å². The van der Waals surface area contributed by atoms with Crippen molar-refractivity contribution >= 4 is 108 Å². The summed E-state index contributed by atoms with van der Waals surface area (Å²) < 4.78 is 5.52. The van der Waals surface area contributed by atoms with Crippen LogP contribution in [0, 0.1) is 0 Å². The Balaban J connectivity index is 1.04. The molecule has 0 nitrogen and oxygen atoms in total. The van der Waals surface area contributed by atoms with Crippen molar-refractivity contribution in [3.05, 3.63) is 231 Å². The summed E-state index contributed by atoms with van der Waals surface area (Å²) in [6, 6.07) is 86.4. The Hall–Kier alpha value is -7.58. The van der Waals surface area contributed by atoms with Gasteiger partial charge in [-0.05, 0) is 17.2 Å². The molecule has 2 heterocycles. The SMILES string of the molecule is c1ccc(-c2ccc3sc4ccc(-c5c6ccccc6c(-c6cccc7[se]c8cccc(-c9c%10ccccc%10c(-c%10ccccc%10)c%10ccccc9%10)c8c67)c6ccccc56)cc4c3c2)cc1. The van der Waals surface area contributed by atoms with E-state index in [1.54, 1.807) is 0 Å². The van der Waals surface area contributed by atoms with E-state index in [1.807, 2.05) is 11.3 Å². The Labute approximate surface area is 392 Å². The first-order valence-electron chi connectivity index (χ1n) is 22.7. The third kappa shape index (κ3) is 5.70. The second-order valence-electron chi connectivity index (χ2n) is 17.4. The van der Waals surface area contributed by atoms with Crippen molar-refractivity contribution in [1.82, 2.24) is 0 Å². The molecule has 12 aromatic carbocycles. The van der Waals surface area contributed by atoms with E-state index < -0.39 is 0 Å². The first-order chi connectivity index (χ1) is 32.8. The minimum atomic E-state index is 0.150. The maximum absolute atomic E-state index is 2.46. The van der Waals surface area contributed by atoms with Gasteiger partial charge in [0.25, 0.3) is 0 Å². The van der Waals surface area contributed by atoms with Gasteiger partial charge in [0.1, 0.15) is 0 Å². The molecular weight excluding hydrogens is 880 g/mol. The number of benzene rings is 12. The van der Waals surface area contributed by atoms with Crippen LogP contribution in [0.5, 0.6) is 0 Å². The molecule has 0 fully saturated rings. The third-order valence-corrected chi connectivity index (χ3v) is 17.4. The summed E-state index contributed by atoms with van der Waals surface area (Å²) in [4.78, 5) is 0. The minimum absolute atomic E-state index is 0.150. The van der Waals surface area contributed by atoms with Gasteiger partial charge in [0.05, 0.1) is 0 Å². The number of hydrogen-bond acceptors (Lipinski definition) is 1. The van der Waals surface area contributed by atoms with Gasteiger partial charge in [0, 0.05) is 0 Å². The van der Waals surface area contributed by atoms with Crippen LogP contribution in [-0.2, 0) is 0 Å². The van der Waals surface area contributed by atoms with E-state index in [4.69, 9.17) is 0 Å². The van der Waals surface area contributed by atoms with E-state index in [9.17, 15) is 0 Å². The van der Waals surface area contributed by atoms with Crippen LogP contribution < -0.4 is 0 Å². The van der Waals surface area contributed by atoms with Crippen LogP contribution in [0.4, 0.5) is 0 Å². The van der Waals surface area contributed by atoms with E-state index in [0.717, 1.165) is 0 Å². The fraction of sp³-hybridized carbons (Fsp3) is 0. The average Bonchev–Trinajstić information content (AvgIpc) is 3.96. The van der Waals surface area contributed by atoms with E-state index in [2.05, 4.69) is 231 Å². The van der Waals surface area contributed by atoms with Crippen molar-refractivity contribution in [2.24, 2.45) is 0 Å². The van der Waals surface area contributed by atoms with Crippen molar-refractivity contribution in [2.75, 3.05) is 0 Å². The van der Waals surface area contributed by atoms with Gasteiger partial charge in [-0.3, -0.25) is 0 Å². The standard InChI is InChI=1S/C64H38SSe/c1-3-17-39(18-4-1)41-33-35-55-53(37-41)54-38-42(34-36-56(54)65-55)60-45-23-9-13-27-49(45)62(50-28-14-10-24-46(50)60)52-30-16-32-58-64(52)63-51(29-15-31-57(63)66-58)61-47-25-11-7-21-43(47)59(40-19-5-2-6-20-40)44-22-8-12-26-48(44)61/h1-38H. The number of fused-ring (bicyclic) bond motifs is 10. The summed E-state index contributed by atoms with van der Waals surface area (Å²) in [7, 11) is 0. The predicted octanol–water partition coefficient (Wildman–Crippen LogP) is 18.4. The smallest absolute Gasteiger partial charge is 0.0617 e. The van der Waals surface area contributed by atoms with Crippen molar-refractivity contribution in [3.8, 4) is 55.6 Å². The number of hydrogen-bond donors (Lipinski definition) is 0. The zero-order chi connectivity index (χ0) is 43.3. The molecule has 0 bridgehead atoms. The summed E-state index contributed by atoms with van der Waals surface area (Å²) in [6.07, 6.45) is 0. The van der Waals surface area contributed by atoms with Crippen LogP contribution in [0.1, 0.15) is 0 Å². The molecule has 14 rings (SSSR count). The summed E-state index contributed by atoms with van der Waals surface area (Å²) in [5, 5.41) is 15.6. The molecule has 2 heteroatoms. The first-order valence-corrected chi connectivity index (χ1v) is 25.2. The Kier molecular flexibility index (Phi) is 8.58. The van der Waals surface area contributed by atoms with Gasteiger partial charge >= 0.3 is 341 Å². The van der Waals surface area contributed by atoms with E-state index in [1.165, 1.54) is 138 Å².